The first-order valence-electron chi connectivity index (χ1n) is 10.6. The van der Waals surface area contributed by atoms with Gasteiger partial charge in [-0.15, -0.1) is 0 Å². The van der Waals surface area contributed by atoms with Crippen LogP contribution in [0.3, 0.4) is 0 Å². The molecule has 6 N–H and O–H groups in total. The fourth-order valence-corrected chi connectivity index (χ4v) is 4.30. The maximum atomic E-state index is 12.2. The average Bonchev–Trinajstić information content (AvgIpc) is 2.73. The summed E-state index contributed by atoms with van der Waals surface area (Å²) in [7, 11) is 1.07. The highest BCUT2D eigenvalue weighted by Gasteiger charge is 2.55. The van der Waals surface area contributed by atoms with Crippen molar-refractivity contribution in [1.82, 2.24) is 10.6 Å². The number of hydrogen-bond acceptors (Lipinski definition) is 8. The number of carbonyl (C=O) groups is 3. The Bertz CT molecular complexity index is 640. The van der Waals surface area contributed by atoms with Crippen LogP contribution in [-0.4, -0.2) is 88.1 Å². The van der Waals surface area contributed by atoms with Gasteiger partial charge >= 0.3 is 5.97 Å². The maximum Gasteiger partial charge on any atom is 0.364 e. The van der Waals surface area contributed by atoms with Crippen LogP contribution in [0.15, 0.2) is 0 Å². The number of carboxylic acids is 1. The van der Waals surface area contributed by atoms with E-state index in [1.54, 1.807) is 0 Å². The largest absolute Gasteiger partial charge is 0.477 e. The van der Waals surface area contributed by atoms with E-state index in [4.69, 9.17) is 9.47 Å². The second-order valence-electron chi connectivity index (χ2n) is 8.41. The van der Waals surface area contributed by atoms with Crippen LogP contribution in [-0.2, 0) is 23.9 Å². The molecule has 1 unspecified atom stereocenters. The number of methoxy groups -OCH3 is 1. The van der Waals surface area contributed by atoms with E-state index in [9.17, 15) is 34.8 Å². The van der Waals surface area contributed by atoms with Crippen molar-refractivity contribution < 1.29 is 44.3 Å². The van der Waals surface area contributed by atoms with Crippen molar-refractivity contribution in [3.63, 3.8) is 0 Å². The van der Waals surface area contributed by atoms with E-state index >= 15 is 0 Å². The Hall–Kier alpha value is -1.79. The predicted molar refractivity (Wildman–Crippen MR) is 107 cm³/mol. The lowest BCUT2D eigenvalue weighted by Crippen LogP contribution is -2.68. The van der Waals surface area contributed by atoms with Gasteiger partial charge in [0.05, 0.1) is 18.2 Å². The van der Waals surface area contributed by atoms with Crippen LogP contribution in [0.5, 0.6) is 0 Å². The first-order chi connectivity index (χ1) is 14.6. The number of aliphatic hydroxyl groups excluding tert-OH is 3. The molecule has 1 aliphatic heterocycles. The number of rotatable bonds is 9. The predicted octanol–water partition coefficient (Wildman–Crippen LogP) is -1.12. The Labute approximate surface area is 181 Å². The second kappa shape index (κ2) is 11.2. The van der Waals surface area contributed by atoms with E-state index in [0.717, 1.165) is 32.8 Å². The zero-order valence-electron chi connectivity index (χ0n) is 18.0. The highest BCUT2D eigenvalue weighted by atomic mass is 16.7. The molecular weight excluding hydrogens is 412 g/mol. The summed E-state index contributed by atoms with van der Waals surface area (Å²) in [4.78, 5) is 35.4. The van der Waals surface area contributed by atoms with Crippen molar-refractivity contribution in [3.8, 4) is 0 Å². The smallest absolute Gasteiger partial charge is 0.364 e. The first-order valence-corrected chi connectivity index (χ1v) is 10.6. The van der Waals surface area contributed by atoms with Crippen molar-refractivity contribution in [2.45, 2.75) is 88.1 Å². The molecular formula is C20H34N2O9. The topological polar surface area (TPSA) is 175 Å². The average molecular weight is 446 g/mol. The van der Waals surface area contributed by atoms with Gasteiger partial charge in [-0.3, -0.25) is 9.59 Å². The molecule has 11 nitrogen and oxygen atoms in total. The summed E-state index contributed by atoms with van der Waals surface area (Å²) >= 11 is 0. The molecule has 11 heteroatoms. The molecule has 0 aromatic heterocycles. The van der Waals surface area contributed by atoms with Crippen molar-refractivity contribution in [2.75, 3.05) is 13.7 Å². The summed E-state index contributed by atoms with van der Waals surface area (Å²) in [6.07, 6.45) is -1.03. The van der Waals surface area contributed by atoms with Gasteiger partial charge in [0.2, 0.25) is 11.8 Å². The van der Waals surface area contributed by atoms with Gasteiger partial charge in [0.25, 0.3) is 5.79 Å². The van der Waals surface area contributed by atoms with Gasteiger partial charge in [-0.25, -0.2) is 4.79 Å². The first kappa shape index (κ1) is 25.5. The lowest BCUT2D eigenvalue weighted by Gasteiger charge is -2.46. The minimum atomic E-state index is -2.26. The number of hydrogen-bond donors (Lipinski definition) is 6. The lowest BCUT2D eigenvalue weighted by atomic mass is 9.86. The summed E-state index contributed by atoms with van der Waals surface area (Å²) in [6, 6.07) is -1.19. The highest BCUT2D eigenvalue weighted by Crippen LogP contribution is 2.33. The molecule has 0 aromatic carbocycles. The third-order valence-corrected chi connectivity index (χ3v) is 6.04. The van der Waals surface area contributed by atoms with Gasteiger partial charge in [0, 0.05) is 33.4 Å². The van der Waals surface area contributed by atoms with E-state index in [-0.39, 0.29) is 12.5 Å². The van der Waals surface area contributed by atoms with Gasteiger partial charge in [-0.05, 0) is 18.8 Å². The van der Waals surface area contributed by atoms with Crippen LogP contribution < -0.4 is 10.6 Å². The van der Waals surface area contributed by atoms with Gasteiger partial charge in [0.15, 0.2) is 0 Å². The van der Waals surface area contributed by atoms with Crippen molar-refractivity contribution in [2.24, 2.45) is 5.92 Å². The summed E-state index contributed by atoms with van der Waals surface area (Å²) in [5.41, 5.74) is 0. The fourth-order valence-electron chi connectivity index (χ4n) is 4.30. The number of aliphatic carboxylic acids is 1. The van der Waals surface area contributed by atoms with E-state index < -0.39 is 54.5 Å². The molecule has 1 saturated carbocycles. The van der Waals surface area contributed by atoms with Crippen molar-refractivity contribution >= 4 is 17.8 Å². The molecule has 6 atom stereocenters. The standard InChI is InChI=1S/C20H34N2O9/c1-11(23)22-16-13(24)9-20(30-2,19(28)29)31-18(16)17(27)14(25)10-21-15(26)8-12-6-4-3-5-7-12/h12-14,16-18,24-25,27H,3-10H2,1-2H3,(H,21,26)(H,22,23)(H,28,29)/t13-,14+,16+,17+,18+,20?/m0/s1. The number of ether oxygens (including phenoxy) is 2. The Morgan fingerprint density at radius 1 is 1.19 bits per heavy atom. The highest BCUT2D eigenvalue weighted by molar-refractivity contribution is 5.77. The minimum Gasteiger partial charge on any atom is -0.477 e. The molecule has 0 radical (unpaired) electrons. The van der Waals surface area contributed by atoms with Gasteiger partial charge in [0.1, 0.15) is 12.2 Å². The third kappa shape index (κ3) is 6.59. The molecule has 0 spiro atoms. The Balaban J connectivity index is 2.04. The summed E-state index contributed by atoms with van der Waals surface area (Å²) in [6.45, 7) is 0.885. The number of nitrogens with one attached hydrogen (secondary N) is 2. The Kier molecular flexibility index (Phi) is 9.19. The molecule has 178 valence electrons. The zero-order chi connectivity index (χ0) is 23.2. The maximum absolute atomic E-state index is 12.2. The Morgan fingerprint density at radius 3 is 2.39 bits per heavy atom. The number of carbonyl (C=O) groups excluding carboxylic acids is 2. The van der Waals surface area contributed by atoms with Crippen LogP contribution in [0.1, 0.15) is 51.9 Å². The van der Waals surface area contributed by atoms with E-state index in [1.807, 2.05) is 0 Å². The van der Waals surface area contributed by atoms with Crippen molar-refractivity contribution in [1.29, 1.82) is 0 Å². The number of amides is 2. The normalized spacial score (nSPS) is 31.5. The molecule has 2 amide bonds. The monoisotopic (exact) mass is 446 g/mol. The van der Waals surface area contributed by atoms with Gasteiger partial charge in [-0.2, -0.15) is 0 Å². The van der Waals surface area contributed by atoms with Gasteiger partial charge < -0.3 is 40.5 Å². The van der Waals surface area contributed by atoms with Crippen LogP contribution in [0.4, 0.5) is 0 Å². The van der Waals surface area contributed by atoms with Crippen LogP contribution >= 0.6 is 0 Å². The SMILES string of the molecule is COC1(C(=O)O)C[C@H](O)[C@@H](NC(C)=O)[C@H]([C@H](O)[C@H](O)CNC(=O)CC2CCCCC2)O1. The molecule has 2 rings (SSSR count). The summed E-state index contributed by atoms with van der Waals surface area (Å²) in [5.74, 6) is -4.28. The third-order valence-electron chi connectivity index (χ3n) is 6.04. The quantitative estimate of drug-likeness (QED) is 0.256. The molecule has 1 aliphatic carbocycles. The minimum absolute atomic E-state index is 0.252. The molecule has 0 bridgehead atoms. The van der Waals surface area contributed by atoms with E-state index in [2.05, 4.69) is 10.6 Å². The molecule has 1 heterocycles. The van der Waals surface area contributed by atoms with E-state index in [1.165, 1.54) is 13.3 Å². The summed E-state index contributed by atoms with van der Waals surface area (Å²) in [5, 5.41) is 46.0. The molecule has 1 saturated heterocycles. The van der Waals surface area contributed by atoms with Crippen molar-refractivity contribution in [3.05, 3.63) is 0 Å². The molecule has 0 aromatic rings. The van der Waals surface area contributed by atoms with E-state index in [0.29, 0.717) is 12.3 Å². The van der Waals surface area contributed by atoms with Gasteiger partial charge in [-0.1, -0.05) is 19.3 Å². The molecule has 2 aliphatic rings. The number of carboxylic acid groups (broad SMARTS) is 1. The lowest BCUT2D eigenvalue weighted by molar-refractivity contribution is -0.303. The fraction of sp³-hybridized carbons (Fsp3) is 0.850. The van der Waals surface area contributed by atoms with Crippen LogP contribution in [0.25, 0.3) is 0 Å². The van der Waals surface area contributed by atoms with Crippen LogP contribution in [0, 0.1) is 5.92 Å². The zero-order valence-corrected chi connectivity index (χ0v) is 18.0. The molecule has 31 heavy (non-hydrogen) atoms. The molecule has 2 fully saturated rings. The van der Waals surface area contributed by atoms with Crippen LogP contribution in [0.2, 0.25) is 0 Å². The number of aliphatic hydroxyl groups is 3. The summed E-state index contributed by atoms with van der Waals surface area (Å²) < 4.78 is 10.4. The Morgan fingerprint density at radius 2 is 1.84 bits per heavy atom. The second-order valence-corrected chi connectivity index (χ2v) is 8.41.